The zero-order valence-electron chi connectivity index (χ0n) is 10.6. The highest BCUT2D eigenvalue weighted by atomic mass is 14.9. The van der Waals surface area contributed by atoms with E-state index < -0.39 is 0 Å². The predicted octanol–water partition coefficient (Wildman–Crippen LogP) is 3.98. The number of unbranched alkanes of at least 4 members (excludes halogenated alkanes) is 2. The topological polar surface area (TPSA) is 12.0 Å². The first-order valence-electron chi connectivity index (χ1n) is 6.47. The van der Waals surface area contributed by atoms with Gasteiger partial charge in [0.15, 0.2) is 0 Å². The van der Waals surface area contributed by atoms with Gasteiger partial charge in [-0.05, 0) is 25.8 Å². The van der Waals surface area contributed by atoms with E-state index in [0.717, 1.165) is 12.0 Å². The van der Waals surface area contributed by atoms with Gasteiger partial charge < -0.3 is 5.32 Å². The molecule has 86 valence electrons. The summed E-state index contributed by atoms with van der Waals surface area (Å²) in [6, 6.07) is 0.756. The highest BCUT2D eigenvalue weighted by molar-refractivity contribution is 4.74. The van der Waals surface area contributed by atoms with E-state index in [1.165, 1.54) is 44.9 Å². The zero-order chi connectivity index (χ0) is 10.8. The molecule has 0 fully saturated rings. The minimum Gasteiger partial charge on any atom is -0.317 e. The van der Waals surface area contributed by atoms with Gasteiger partial charge in [0.25, 0.3) is 0 Å². The molecule has 2 atom stereocenters. The maximum atomic E-state index is 3.50. The van der Waals surface area contributed by atoms with Crippen LogP contribution in [0.1, 0.15) is 65.7 Å². The normalized spacial score (nSPS) is 15.4. The van der Waals surface area contributed by atoms with Crippen LogP contribution in [0.3, 0.4) is 0 Å². The van der Waals surface area contributed by atoms with Gasteiger partial charge >= 0.3 is 0 Å². The SMILES string of the molecule is CCCCC(CC)C(CCCC)NC. The highest BCUT2D eigenvalue weighted by Gasteiger charge is 2.16. The van der Waals surface area contributed by atoms with Gasteiger partial charge in [-0.2, -0.15) is 0 Å². The summed E-state index contributed by atoms with van der Waals surface area (Å²) in [5.74, 6) is 0.895. The van der Waals surface area contributed by atoms with Crippen LogP contribution in [0.2, 0.25) is 0 Å². The molecular formula is C13H29N. The van der Waals surface area contributed by atoms with Crippen LogP contribution in [0.4, 0.5) is 0 Å². The van der Waals surface area contributed by atoms with Crippen molar-refractivity contribution in [2.75, 3.05) is 7.05 Å². The molecule has 1 heteroatoms. The summed E-state index contributed by atoms with van der Waals surface area (Å²) in [7, 11) is 2.12. The smallest absolute Gasteiger partial charge is 0.00922 e. The van der Waals surface area contributed by atoms with Crippen molar-refractivity contribution < 1.29 is 0 Å². The molecule has 1 N–H and O–H groups in total. The van der Waals surface area contributed by atoms with E-state index in [1.54, 1.807) is 0 Å². The Balaban J connectivity index is 3.87. The number of hydrogen-bond donors (Lipinski definition) is 1. The van der Waals surface area contributed by atoms with Crippen molar-refractivity contribution in [2.24, 2.45) is 5.92 Å². The van der Waals surface area contributed by atoms with Gasteiger partial charge in [-0.15, -0.1) is 0 Å². The van der Waals surface area contributed by atoms with Crippen LogP contribution in [-0.2, 0) is 0 Å². The number of rotatable bonds is 9. The van der Waals surface area contributed by atoms with Crippen molar-refractivity contribution in [1.29, 1.82) is 0 Å². The Morgan fingerprint density at radius 2 is 1.50 bits per heavy atom. The average molecular weight is 199 g/mol. The molecule has 0 saturated heterocycles. The summed E-state index contributed by atoms with van der Waals surface area (Å²) >= 11 is 0. The summed E-state index contributed by atoms with van der Waals surface area (Å²) < 4.78 is 0. The maximum absolute atomic E-state index is 3.50. The lowest BCUT2D eigenvalue weighted by molar-refractivity contribution is 0.312. The molecule has 0 aromatic carbocycles. The minimum absolute atomic E-state index is 0.756. The number of nitrogens with one attached hydrogen (secondary N) is 1. The largest absolute Gasteiger partial charge is 0.317 e. The predicted molar refractivity (Wildman–Crippen MR) is 65.7 cm³/mol. The van der Waals surface area contributed by atoms with Crippen LogP contribution >= 0.6 is 0 Å². The van der Waals surface area contributed by atoms with E-state index >= 15 is 0 Å². The van der Waals surface area contributed by atoms with Crippen molar-refractivity contribution in [2.45, 2.75) is 71.8 Å². The van der Waals surface area contributed by atoms with E-state index in [2.05, 4.69) is 33.1 Å². The zero-order valence-corrected chi connectivity index (χ0v) is 10.6. The molecule has 0 amide bonds. The van der Waals surface area contributed by atoms with E-state index in [1.807, 2.05) is 0 Å². The monoisotopic (exact) mass is 199 g/mol. The summed E-state index contributed by atoms with van der Waals surface area (Å²) in [4.78, 5) is 0. The third-order valence-corrected chi connectivity index (χ3v) is 3.26. The van der Waals surface area contributed by atoms with Crippen LogP contribution < -0.4 is 5.32 Å². The Bertz CT molecular complexity index is 97.8. The summed E-state index contributed by atoms with van der Waals surface area (Å²) in [5.41, 5.74) is 0. The summed E-state index contributed by atoms with van der Waals surface area (Å²) in [6.45, 7) is 6.89. The van der Waals surface area contributed by atoms with Crippen molar-refractivity contribution in [3.05, 3.63) is 0 Å². The first kappa shape index (κ1) is 14.0. The second kappa shape index (κ2) is 9.51. The second-order valence-electron chi connectivity index (χ2n) is 4.35. The molecule has 0 aliphatic carbocycles. The molecule has 0 aliphatic rings. The Kier molecular flexibility index (Phi) is 9.49. The molecule has 0 aromatic rings. The lowest BCUT2D eigenvalue weighted by Crippen LogP contribution is -2.33. The second-order valence-corrected chi connectivity index (χ2v) is 4.35. The van der Waals surface area contributed by atoms with E-state index in [0.29, 0.717) is 0 Å². The van der Waals surface area contributed by atoms with Gasteiger partial charge in [-0.3, -0.25) is 0 Å². The molecule has 0 bridgehead atoms. The Labute approximate surface area is 90.7 Å². The quantitative estimate of drug-likeness (QED) is 0.592. The Morgan fingerprint density at radius 3 is 1.93 bits per heavy atom. The Morgan fingerprint density at radius 1 is 0.929 bits per heavy atom. The molecule has 0 aliphatic heterocycles. The summed E-state index contributed by atoms with van der Waals surface area (Å²) in [5, 5.41) is 3.50. The molecule has 0 heterocycles. The van der Waals surface area contributed by atoms with E-state index in [-0.39, 0.29) is 0 Å². The molecule has 0 spiro atoms. The van der Waals surface area contributed by atoms with Gasteiger partial charge in [-0.25, -0.2) is 0 Å². The van der Waals surface area contributed by atoms with Crippen LogP contribution in [0.5, 0.6) is 0 Å². The average Bonchev–Trinajstić information content (AvgIpc) is 2.23. The minimum atomic E-state index is 0.756. The van der Waals surface area contributed by atoms with Gasteiger partial charge in [0.05, 0.1) is 0 Å². The Hall–Kier alpha value is -0.0400. The van der Waals surface area contributed by atoms with Crippen LogP contribution in [0, 0.1) is 5.92 Å². The fraction of sp³-hybridized carbons (Fsp3) is 1.00. The van der Waals surface area contributed by atoms with Crippen molar-refractivity contribution in [3.63, 3.8) is 0 Å². The molecule has 0 rings (SSSR count). The molecule has 0 saturated carbocycles. The third kappa shape index (κ3) is 5.64. The maximum Gasteiger partial charge on any atom is 0.00922 e. The van der Waals surface area contributed by atoms with Gasteiger partial charge in [0, 0.05) is 6.04 Å². The van der Waals surface area contributed by atoms with Crippen LogP contribution in [0.15, 0.2) is 0 Å². The van der Waals surface area contributed by atoms with Crippen molar-refractivity contribution in [1.82, 2.24) is 5.32 Å². The summed E-state index contributed by atoms with van der Waals surface area (Å²) in [6.07, 6.45) is 9.51. The standard InChI is InChI=1S/C13H29N/c1-5-8-10-12(7-3)13(14-4)11-9-6-2/h12-14H,5-11H2,1-4H3. The van der Waals surface area contributed by atoms with Gasteiger partial charge in [-0.1, -0.05) is 52.9 Å². The van der Waals surface area contributed by atoms with Gasteiger partial charge in [0.2, 0.25) is 0 Å². The number of hydrogen-bond acceptors (Lipinski definition) is 1. The molecule has 1 nitrogen and oxygen atoms in total. The van der Waals surface area contributed by atoms with Crippen molar-refractivity contribution >= 4 is 0 Å². The van der Waals surface area contributed by atoms with E-state index in [4.69, 9.17) is 0 Å². The molecular weight excluding hydrogens is 170 g/mol. The first-order chi connectivity index (χ1) is 6.79. The van der Waals surface area contributed by atoms with Gasteiger partial charge in [0.1, 0.15) is 0 Å². The lowest BCUT2D eigenvalue weighted by atomic mass is 9.88. The molecule has 0 aromatic heterocycles. The lowest BCUT2D eigenvalue weighted by Gasteiger charge is -2.25. The molecule has 2 unspecified atom stereocenters. The van der Waals surface area contributed by atoms with Crippen LogP contribution in [0.25, 0.3) is 0 Å². The molecule has 0 radical (unpaired) electrons. The fourth-order valence-electron chi connectivity index (χ4n) is 2.20. The van der Waals surface area contributed by atoms with Crippen LogP contribution in [-0.4, -0.2) is 13.1 Å². The highest BCUT2D eigenvalue weighted by Crippen LogP contribution is 2.20. The molecule has 14 heavy (non-hydrogen) atoms. The third-order valence-electron chi connectivity index (χ3n) is 3.26. The fourth-order valence-corrected chi connectivity index (χ4v) is 2.20. The van der Waals surface area contributed by atoms with E-state index in [9.17, 15) is 0 Å². The van der Waals surface area contributed by atoms with Crippen molar-refractivity contribution in [3.8, 4) is 0 Å². The first-order valence-corrected chi connectivity index (χ1v) is 6.47.